The Balaban J connectivity index is 1.46. The van der Waals surface area contributed by atoms with Crippen molar-refractivity contribution in [2.24, 2.45) is 23.2 Å². The first kappa shape index (κ1) is 39.1. The predicted molar refractivity (Wildman–Crippen MR) is 191 cm³/mol. The van der Waals surface area contributed by atoms with Crippen molar-refractivity contribution in [1.82, 2.24) is 26.2 Å². The third-order valence-electron chi connectivity index (χ3n) is 10.4. The number of piperidine rings is 1. The van der Waals surface area contributed by atoms with E-state index in [0.29, 0.717) is 18.5 Å². The molecular weight excluding hydrogens is 659 g/mol. The maximum atomic E-state index is 14.4. The average Bonchev–Trinajstić information content (AvgIpc) is 3.35. The largest absolute Gasteiger partial charge is 0.348 e. The van der Waals surface area contributed by atoms with Crippen LogP contribution in [-0.2, 0) is 34.8 Å². The molecule has 13 heteroatoms. The molecule has 2 saturated carbocycles. The van der Waals surface area contributed by atoms with Crippen molar-refractivity contribution < 1.29 is 32.4 Å². The number of ketones is 1. The number of likely N-dealkylation sites (tertiary alicyclic amines) is 1. The van der Waals surface area contributed by atoms with Crippen LogP contribution in [0.4, 0.5) is 4.79 Å². The molecular formula is C37H55N5O7S. The summed E-state index contributed by atoms with van der Waals surface area (Å²) in [6.07, 6.45) is 6.56. The fraction of sp³-hybridized carbons (Fsp3) is 0.649. The molecule has 12 nitrogen and oxygen atoms in total. The summed E-state index contributed by atoms with van der Waals surface area (Å²) in [4.78, 5) is 69.4. The van der Waals surface area contributed by atoms with Crippen molar-refractivity contribution >= 4 is 39.4 Å². The average molecular weight is 714 g/mol. The van der Waals surface area contributed by atoms with Crippen LogP contribution in [0.3, 0.4) is 0 Å². The molecule has 4 N–H and O–H groups in total. The van der Waals surface area contributed by atoms with Gasteiger partial charge in [-0.05, 0) is 75.2 Å². The van der Waals surface area contributed by atoms with E-state index in [1.54, 1.807) is 41.3 Å². The molecule has 276 valence electrons. The predicted octanol–water partition coefficient (Wildman–Crippen LogP) is 3.27. The maximum absolute atomic E-state index is 14.4. The van der Waals surface area contributed by atoms with Crippen molar-refractivity contribution in [2.45, 2.75) is 109 Å². The van der Waals surface area contributed by atoms with Gasteiger partial charge < -0.3 is 26.2 Å². The smallest absolute Gasteiger partial charge is 0.315 e. The van der Waals surface area contributed by atoms with Crippen LogP contribution in [0.25, 0.3) is 0 Å². The Labute approximate surface area is 296 Å². The summed E-state index contributed by atoms with van der Waals surface area (Å²) in [5.41, 5.74) is -0.0993. The lowest BCUT2D eigenvalue weighted by molar-refractivity contribution is -0.144. The minimum atomic E-state index is -3.56. The topological polar surface area (TPSA) is 171 Å². The lowest BCUT2D eigenvalue weighted by atomic mass is 9.83. The Kier molecular flexibility index (Phi) is 12.6. The van der Waals surface area contributed by atoms with Crippen LogP contribution in [0.5, 0.6) is 0 Å². The molecule has 1 heterocycles. The van der Waals surface area contributed by atoms with Gasteiger partial charge in [0.15, 0.2) is 9.84 Å². The first-order valence-electron chi connectivity index (χ1n) is 17.8. The summed E-state index contributed by atoms with van der Waals surface area (Å²) in [6, 6.07) is 5.34. The zero-order valence-electron chi connectivity index (χ0n) is 30.1. The number of Topliss-reactive ketones (excluding diaryl/α,β-unsaturated/α-hetero) is 1. The van der Waals surface area contributed by atoms with Gasteiger partial charge in [0.05, 0.1) is 17.5 Å². The van der Waals surface area contributed by atoms with E-state index in [0.717, 1.165) is 32.1 Å². The third-order valence-corrected chi connectivity index (χ3v) is 12.0. The first-order valence-corrected chi connectivity index (χ1v) is 19.6. The van der Waals surface area contributed by atoms with Crippen molar-refractivity contribution in [1.29, 1.82) is 0 Å². The number of carbonyl (C=O) groups is 5. The van der Waals surface area contributed by atoms with Gasteiger partial charge in [0.2, 0.25) is 17.6 Å². The molecule has 1 saturated heterocycles. The molecule has 0 bridgehead atoms. The van der Waals surface area contributed by atoms with Crippen LogP contribution < -0.4 is 21.3 Å². The number of hydrogen-bond donors (Lipinski definition) is 4. The SMILES string of the molecule is C=CCCC(NC(=O)[C@@H]1C2[C@H](CN1C(=O)[C@@H](NC(=O)NC(C)(C)C)C1CCCCC1)C2(C)C)C(=O)C(=O)NCCS(=O)(=O)Cc1ccccc1. The van der Waals surface area contributed by atoms with E-state index in [-0.39, 0.29) is 53.5 Å². The highest BCUT2D eigenvalue weighted by Gasteiger charge is 2.69. The van der Waals surface area contributed by atoms with Gasteiger partial charge in [-0.1, -0.05) is 69.5 Å². The number of benzene rings is 1. The summed E-state index contributed by atoms with van der Waals surface area (Å²) in [6.45, 7) is 13.5. The maximum Gasteiger partial charge on any atom is 0.315 e. The van der Waals surface area contributed by atoms with E-state index in [2.05, 4.69) is 41.7 Å². The quantitative estimate of drug-likeness (QED) is 0.160. The molecule has 0 radical (unpaired) electrons. The van der Waals surface area contributed by atoms with Crippen molar-refractivity contribution in [2.75, 3.05) is 18.8 Å². The van der Waals surface area contributed by atoms with Gasteiger partial charge in [-0.15, -0.1) is 6.58 Å². The highest BCUT2D eigenvalue weighted by molar-refractivity contribution is 7.90. The summed E-state index contributed by atoms with van der Waals surface area (Å²) in [7, 11) is -3.56. The van der Waals surface area contributed by atoms with E-state index < -0.39 is 57.1 Å². The number of nitrogens with zero attached hydrogens (tertiary/aromatic N) is 1. The molecule has 4 rings (SSSR count). The van der Waals surface area contributed by atoms with Crippen molar-refractivity contribution in [3.8, 4) is 0 Å². The summed E-state index contributed by atoms with van der Waals surface area (Å²) in [5, 5.41) is 11.0. The van der Waals surface area contributed by atoms with Gasteiger partial charge in [-0.25, -0.2) is 13.2 Å². The molecule has 3 aliphatic rings. The second-order valence-corrected chi connectivity index (χ2v) is 17.9. The monoisotopic (exact) mass is 713 g/mol. The normalized spacial score (nSPS) is 22.7. The molecule has 3 fully saturated rings. The van der Waals surface area contributed by atoms with E-state index >= 15 is 0 Å². The van der Waals surface area contributed by atoms with Gasteiger partial charge >= 0.3 is 6.03 Å². The third kappa shape index (κ3) is 9.95. The molecule has 2 aliphatic carbocycles. The van der Waals surface area contributed by atoms with Crippen LogP contribution in [0.1, 0.15) is 85.1 Å². The van der Waals surface area contributed by atoms with Gasteiger partial charge in [-0.2, -0.15) is 0 Å². The summed E-state index contributed by atoms with van der Waals surface area (Å²) in [5.74, 6) is -3.44. The Hall–Kier alpha value is -3.74. The molecule has 1 aromatic carbocycles. The van der Waals surface area contributed by atoms with Crippen LogP contribution in [0.2, 0.25) is 0 Å². The van der Waals surface area contributed by atoms with Crippen molar-refractivity contribution in [3.63, 3.8) is 0 Å². The Morgan fingerprint density at radius 2 is 1.68 bits per heavy atom. The van der Waals surface area contributed by atoms with Crippen LogP contribution in [0, 0.1) is 23.2 Å². The molecule has 1 aliphatic heterocycles. The number of amides is 5. The van der Waals surface area contributed by atoms with Gasteiger partial charge in [0, 0.05) is 18.6 Å². The Morgan fingerprint density at radius 1 is 1.02 bits per heavy atom. The summed E-state index contributed by atoms with van der Waals surface area (Å²) >= 11 is 0. The zero-order valence-corrected chi connectivity index (χ0v) is 30.9. The second-order valence-electron chi connectivity index (χ2n) is 15.7. The Bertz CT molecular complexity index is 1530. The summed E-state index contributed by atoms with van der Waals surface area (Å²) < 4.78 is 25.2. The van der Waals surface area contributed by atoms with E-state index in [1.165, 1.54) is 0 Å². The van der Waals surface area contributed by atoms with Gasteiger partial charge in [0.25, 0.3) is 5.91 Å². The highest BCUT2D eigenvalue weighted by atomic mass is 32.2. The number of hydrogen-bond acceptors (Lipinski definition) is 7. The number of rotatable bonds is 15. The molecule has 0 aromatic heterocycles. The highest BCUT2D eigenvalue weighted by Crippen LogP contribution is 2.65. The van der Waals surface area contributed by atoms with Gasteiger partial charge in [-0.3, -0.25) is 19.2 Å². The van der Waals surface area contributed by atoms with E-state index in [9.17, 15) is 32.4 Å². The van der Waals surface area contributed by atoms with Crippen LogP contribution >= 0.6 is 0 Å². The molecule has 5 amide bonds. The number of allylic oxidation sites excluding steroid dienone is 1. The lowest BCUT2D eigenvalue weighted by Gasteiger charge is -2.37. The first-order chi connectivity index (χ1) is 23.4. The standard InChI is InChI=1S/C37H55N5O7S/c1-7-8-19-27(31(43)33(45)38-20-21-50(48,49)23-24-15-11-9-12-16-24)39-32(44)30-28-26(37(28,5)6)22-42(30)34(46)29(25-17-13-10-14-18-25)40-35(47)41-36(2,3)4/h7,9,11-12,15-16,25-30H,1,8,10,13-14,17-23H2,2-6H3,(H,38,45)(H,39,44)(H2,40,41,47)/t26-,27?,28?,29-,30-/m0/s1. The minimum absolute atomic E-state index is 0.0704. The number of fused-ring (bicyclic) bond motifs is 1. The molecule has 1 aromatic rings. The number of urea groups is 1. The molecule has 0 spiro atoms. The number of nitrogens with one attached hydrogen (secondary N) is 4. The Morgan fingerprint density at radius 3 is 2.30 bits per heavy atom. The van der Waals surface area contributed by atoms with E-state index in [4.69, 9.17) is 0 Å². The number of sulfone groups is 1. The molecule has 2 unspecified atom stereocenters. The van der Waals surface area contributed by atoms with Crippen molar-refractivity contribution in [3.05, 3.63) is 48.6 Å². The van der Waals surface area contributed by atoms with Gasteiger partial charge in [0.1, 0.15) is 12.1 Å². The number of carbonyl (C=O) groups excluding carboxylic acids is 5. The molecule has 50 heavy (non-hydrogen) atoms. The fourth-order valence-corrected chi connectivity index (χ4v) is 8.89. The zero-order chi connectivity index (χ0) is 36.9. The van der Waals surface area contributed by atoms with Crippen LogP contribution in [0.15, 0.2) is 43.0 Å². The lowest BCUT2D eigenvalue weighted by Crippen LogP contribution is -2.61. The van der Waals surface area contributed by atoms with Crippen LogP contribution in [-0.4, -0.2) is 85.4 Å². The second kappa shape index (κ2) is 16.1. The minimum Gasteiger partial charge on any atom is -0.348 e. The van der Waals surface area contributed by atoms with E-state index in [1.807, 2.05) is 20.8 Å². The fourth-order valence-electron chi connectivity index (χ4n) is 7.63. The molecule has 5 atom stereocenters.